The first kappa shape index (κ1) is 25.6. The first-order chi connectivity index (χ1) is 17.4. The topological polar surface area (TPSA) is 120 Å². The summed E-state index contributed by atoms with van der Waals surface area (Å²) in [5, 5.41) is 11.5. The molecule has 8 nitrogen and oxygen atoms in total. The van der Waals surface area contributed by atoms with Crippen molar-refractivity contribution in [2.45, 2.75) is 49.9 Å². The number of hydrogen-bond acceptors (Lipinski definition) is 8. The molecule has 10 heteroatoms. The molecule has 0 radical (unpaired) electrons. The predicted molar refractivity (Wildman–Crippen MR) is 139 cm³/mol. The fourth-order valence-corrected chi connectivity index (χ4v) is 4.56. The number of nitrogen functional groups attached to an aromatic ring is 1. The molecule has 0 saturated carbocycles. The molecule has 2 aromatic carbocycles. The second kappa shape index (κ2) is 11.5. The van der Waals surface area contributed by atoms with Crippen LogP contribution < -0.4 is 11.1 Å². The van der Waals surface area contributed by atoms with Crippen LogP contribution in [-0.4, -0.2) is 42.3 Å². The number of anilines is 1. The van der Waals surface area contributed by atoms with Crippen LogP contribution >= 0.6 is 0 Å². The lowest BCUT2D eigenvalue weighted by Gasteiger charge is -2.09. The highest BCUT2D eigenvalue weighted by Crippen LogP contribution is 2.28. The highest BCUT2D eigenvalue weighted by atomic mass is 32.2. The summed E-state index contributed by atoms with van der Waals surface area (Å²) in [6, 6.07) is 14.8. The molecule has 0 aliphatic heterocycles. The van der Waals surface area contributed by atoms with Crippen LogP contribution in [0.5, 0.6) is 0 Å². The molecular weight excluding hydrogens is 479 g/mol. The summed E-state index contributed by atoms with van der Waals surface area (Å²) in [6.07, 6.45) is 2.42. The molecule has 0 aliphatic carbocycles. The van der Waals surface area contributed by atoms with Gasteiger partial charge in [-0.15, -0.1) is 10.2 Å². The quantitative estimate of drug-likeness (QED) is 0.314. The van der Waals surface area contributed by atoms with E-state index in [4.69, 9.17) is 10.2 Å². The minimum Gasteiger partial charge on any atom is -0.414 e. The summed E-state index contributed by atoms with van der Waals surface area (Å²) in [6.45, 7) is 5.94. The number of rotatable bonds is 10. The van der Waals surface area contributed by atoms with E-state index in [9.17, 15) is 8.60 Å². The molecule has 0 saturated heterocycles. The van der Waals surface area contributed by atoms with Crippen molar-refractivity contribution in [3.05, 3.63) is 60.3 Å². The van der Waals surface area contributed by atoms with Crippen LogP contribution in [0.4, 0.5) is 10.2 Å². The van der Waals surface area contributed by atoms with E-state index >= 15 is 0 Å². The number of nitrogens with zero attached hydrogens (tertiary/aromatic N) is 4. The molecule has 3 atom stereocenters. The Morgan fingerprint density at radius 2 is 1.69 bits per heavy atom. The lowest BCUT2D eigenvalue weighted by Crippen LogP contribution is -2.27. The van der Waals surface area contributed by atoms with Crippen LogP contribution in [-0.2, 0) is 17.3 Å². The van der Waals surface area contributed by atoms with E-state index in [1.54, 1.807) is 13.1 Å². The average molecular weight is 509 g/mol. The van der Waals surface area contributed by atoms with Crippen molar-refractivity contribution in [1.29, 1.82) is 0 Å². The van der Waals surface area contributed by atoms with Gasteiger partial charge < -0.3 is 15.5 Å². The van der Waals surface area contributed by atoms with E-state index in [0.29, 0.717) is 23.8 Å². The molecule has 36 heavy (non-hydrogen) atoms. The van der Waals surface area contributed by atoms with Crippen molar-refractivity contribution in [1.82, 2.24) is 25.5 Å². The van der Waals surface area contributed by atoms with Crippen molar-refractivity contribution in [3.63, 3.8) is 0 Å². The Bertz CT molecular complexity index is 1330. The van der Waals surface area contributed by atoms with Gasteiger partial charge in [-0.25, -0.2) is 14.4 Å². The number of nitrogens with two attached hydrogens (primary N) is 1. The average Bonchev–Trinajstić information content (AvgIpc) is 3.41. The number of hydrogen-bond donors (Lipinski definition) is 2. The third-order valence-electron chi connectivity index (χ3n) is 5.84. The largest absolute Gasteiger partial charge is 0.414 e. The molecule has 4 aromatic rings. The van der Waals surface area contributed by atoms with Gasteiger partial charge >= 0.3 is 0 Å². The van der Waals surface area contributed by atoms with Crippen molar-refractivity contribution in [2.24, 2.45) is 0 Å². The van der Waals surface area contributed by atoms with E-state index in [1.807, 2.05) is 62.4 Å². The summed E-state index contributed by atoms with van der Waals surface area (Å²) in [5.74, 6) is 0.658. The van der Waals surface area contributed by atoms with Gasteiger partial charge in [-0.05, 0) is 43.2 Å². The molecule has 0 aliphatic rings. The summed E-state index contributed by atoms with van der Waals surface area (Å²) < 4.78 is 31.0. The van der Waals surface area contributed by atoms with Gasteiger partial charge in [0.05, 0.1) is 22.7 Å². The number of aromatic nitrogens is 4. The maximum Gasteiger partial charge on any atom is 0.270 e. The van der Waals surface area contributed by atoms with Gasteiger partial charge in [0.25, 0.3) is 5.89 Å². The first-order valence-electron chi connectivity index (χ1n) is 11.8. The Balaban J connectivity index is 1.53. The maximum absolute atomic E-state index is 12.6. The molecule has 2 aromatic heterocycles. The van der Waals surface area contributed by atoms with Crippen LogP contribution in [0.2, 0.25) is 0 Å². The van der Waals surface area contributed by atoms with E-state index in [2.05, 4.69) is 25.5 Å². The van der Waals surface area contributed by atoms with Crippen molar-refractivity contribution < 1.29 is 13.0 Å². The van der Waals surface area contributed by atoms with Crippen LogP contribution in [0.15, 0.2) is 64.0 Å². The lowest BCUT2D eigenvalue weighted by atomic mass is 10.1. The second-order valence-corrected chi connectivity index (χ2v) is 10.4. The van der Waals surface area contributed by atoms with Crippen LogP contribution in [0.3, 0.4) is 0 Å². The highest BCUT2D eigenvalue weighted by Gasteiger charge is 2.17. The second-order valence-electron chi connectivity index (χ2n) is 8.58. The Morgan fingerprint density at radius 3 is 2.36 bits per heavy atom. The van der Waals surface area contributed by atoms with Gasteiger partial charge in [0, 0.05) is 33.9 Å². The zero-order valence-electron chi connectivity index (χ0n) is 20.4. The number of halogens is 1. The molecule has 0 fully saturated rings. The van der Waals surface area contributed by atoms with Gasteiger partial charge in [0.15, 0.2) is 11.5 Å². The summed E-state index contributed by atoms with van der Waals surface area (Å²) >= 11 is 0. The van der Waals surface area contributed by atoms with E-state index < -0.39 is 17.5 Å². The molecule has 2 heterocycles. The maximum atomic E-state index is 12.6. The number of alkyl halides is 1. The van der Waals surface area contributed by atoms with Crippen molar-refractivity contribution in [2.75, 3.05) is 12.4 Å². The van der Waals surface area contributed by atoms with Gasteiger partial charge in [0.1, 0.15) is 6.67 Å². The SMILES string of the molecule is CCC(C)S(=O)c1ccc(-c2cnc(N)c(-c3nnc(-c4ccc(CNC(C)CF)cc4)o3)n2)cc1. The van der Waals surface area contributed by atoms with Gasteiger partial charge in [-0.2, -0.15) is 0 Å². The Kier molecular flexibility index (Phi) is 8.17. The third kappa shape index (κ3) is 5.83. The van der Waals surface area contributed by atoms with E-state index in [0.717, 1.165) is 28.0 Å². The monoisotopic (exact) mass is 508 g/mol. The third-order valence-corrected chi connectivity index (χ3v) is 7.64. The Morgan fingerprint density at radius 1 is 1.03 bits per heavy atom. The molecule has 3 N–H and O–H groups in total. The van der Waals surface area contributed by atoms with Gasteiger partial charge in [-0.1, -0.05) is 38.1 Å². The number of benzene rings is 2. The zero-order chi connectivity index (χ0) is 25.7. The molecule has 4 rings (SSSR count). The van der Waals surface area contributed by atoms with Crippen LogP contribution in [0.1, 0.15) is 32.8 Å². The highest BCUT2D eigenvalue weighted by molar-refractivity contribution is 7.85. The molecular formula is C26H29FN6O2S. The summed E-state index contributed by atoms with van der Waals surface area (Å²) in [7, 11) is -1.06. The van der Waals surface area contributed by atoms with Crippen molar-refractivity contribution >= 4 is 16.6 Å². The predicted octanol–water partition coefficient (Wildman–Crippen LogP) is 4.80. The van der Waals surface area contributed by atoms with E-state index in [-0.39, 0.29) is 23.0 Å². The minimum absolute atomic E-state index is 0.0865. The zero-order valence-corrected chi connectivity index (χ0v) is 21.3. The van der Waals surface area contributed by atoms with Crippen LogP contribution in [0.25, 0.3) is 34.3 Å². The van der Waals surface area contributed by atoms with Crippen molar-refractivity contribution in [3.8, 4) is 34.3 Å². The summed E-state index contributed by atoms with van der Waals surface area (Å²) in [4.78, 5) is 9.65. The molecule has 0 spiro atoms. The van der Waals surface area contributed by atoms with Gasteiger partial charge in [0.2, 0.25) is 5.89 Å². The summed E-state index contributed by atoms with van der Waals surface area (Å²) in [5.41, 5.74) is 9.51. The van der Waals surface area contributed by atoms with Crippen LogP contribution in [0, 0.1) is 0 Å². The lowest BCUT2D eigenvalue weighted by molar-refractivity contribution is 0.391. The molecule has 0 bridgehead atoms. The molecule has 188 valence electrons. The smallest absolute Gasteiger partial charge is 0.270 e. The Hall–Kier alpha value is -3.50. The number of nitrogens with one attached hydrogen (secondary N) is 1. The molecule has 3 unspecified atom stereocenters. The minimum atomic E-state index is -1.06. The van der Waals surface area contributed by atoms with E-state index in [1.165, 1.54) is 0 Å². The standard InChI is InChI=1S/C26H29FN6O2S/c1-4-17(3)36(34)21-11-9-19(10-12-21)22-15-30-24(28)23(31-22)26-33-32-25(35-26)20-7-5-18(6-8-20)14-29-16(2)13-27/h5-12,15-17,29H,4,13-14H2,1-3H3,(H2,28,30). The Labute approximate surface area is 212 Å². The normalized spacial score (nSPS) is 13.9. The first-order valence-corrected chi connectivity index (χ1v) is 13.0. The molecule has 0 amide bonds. The fraction of sp³-hybridized carbons (Fsp3) is 0.308. The van der Waals surface area contributed by atoms with Gasteiger partial charge in [-0.3, -0.25) is 4.21 Å². The fourth-order valence-electron chi connectivity index (χ4n) is 3.39.